The number of aryl methyl sites for hydroxylation is 1. The van der Waals surface area contributed by atoms with Gasteiger partial charge < -0.3 is 10.6 Å². The van der Waals surface area contributed by atoms with Crippen molar-refractivity contribution in [2.24, 2.45) is 0 Å². The van der Waals surface area contributed by atoms with Crippen molar-refractivity contribution in [3.63, 3.8) is 0 Å². The standard InChI is InChI=1S/C17H17Cl3N2O/c1-12-7-5-6-10-14(12)21-16(17(18,19)20)22-15(23)11-13-8-3-2-4-9-13/h2-10,16,21H,11H2,1H3,(H,22,23)/t16-/m1/s1. The first-order chi connectivity index (χ1) is 10.9. The van der Waals surface area contributed by atoms with Crippen molar-refractivity contribution in [1.82, 2.24) is 5.32 Å². The minimum atomic E-state index is -1.69. The zero-order valence-electron chi connectivity index (χ0n) is 12.5. The second-order valence-corrected chi connectivity index (χ2v) is 7.53. The van der Waals surface area contributed by atoms with Gasteiger partial charge in [-0.3, -0.25) is 4.79 Å². The smallest absolute Gasteiger partial charge is 0.228 e. The van der Waals surface area contributed by atoms with Gasteiger partial charge in [0.1, 0.15) is 6.17 Å². The van der Waals surface area contributed by atoms with Crippen LogP contribution in [0, 0.1) is 6.92 Å². The van der Waals surface area contributed by atoms with Gasteiger partial charge >= 0.3 is 0 Å². The average molecular weight is 372 g/mol. The number of rotatable bonds is 5. The highest BCUT2D eigenvalue weighted by molar-refractivity contribution is 6.68. The molecule has 1 atom stereocenters. The van der Waals surface area contributed by atoms with Crippen molar-refractivity contribution in [3.8, 4) is 0 Å². The van der Waals surface area contributed by atoms with Crippen LogP contribution in [0.3, 0.4) is 0 Å². The summed E-state index contributed by atoms with van der Waals surface area (Å²) in [6.45, 7) is 1.93. The number of anilines is 1. The Morgan fingerprint density at radius 3 is 2.26 bits per heavy atom. The van der Waals surface area contributed by atoms with Crippen molar-refractivity contribution in [2.45, 2.75) is 23.3 Å². The van der Waals surface area contributed by atoms with Gasteiger partial charge in [0.25, 0.3) is 0 Å². The van der Waals surface area contributed by atoms with E-state index in [0.717, 1.165) is 16.8 Å². The summed E-state index contributed by atoms with van der Waals surface area (Å²) in [7, 11) is 0. The van der Waals surface area contributed by atoms with Gasteiger partial charge in [0.2, 0.25) is 9.70 Å². The summed E-state index contributed by atoms with van der Waals surface area (Å²) >= 11 is 18.0. The molecule has 0 radical (unpaired) electrons. The Morgan fingerprint density at radius 1 is 1.04 bits per heavy atom. The molecule has 0 spiro atoms. The third-order valence-electron chi connectivity index (χ3n) is 3.29. The average Bonchev–Trinajstić information content (AvgIpc) is 2.48. The van der Waals surface area contributed by atoms with Crippen molar-refractivity contribution < 1.29 is 4.79 Å². The van der Waals surface area contributed by atoms with Gasteiger partial charge in [-0.05, 0) is 24.1 Å². The monoisotopic (exact) mass is 370 g/mol. The number of hydrogen-bond acceptors (Lipinski definition) is 2. The van der Waals surface area contributed by atoms with Crippen LogP contribution in [0.2, 0.25) is 0 Å². The molecular weight excluding hydrogens is 355 g/mol. The molecule has 23 heavy (non-hydrogen) atoms. The fourth-order valence-corrected chi connectivity index (χ4v) is 2.41. The maximum atomic E-state index is 12.2. The van der Waals surface area contributed by atoms with Crippen LogP contribution < -0.4 is 10.6 Å². The summed E-state index contributed by atoms with van der Waals surface area (Å²) in [5.41, 5.74) is 2.68. The Balaban J connectivity index is 2.07. The quantitative estimate of drug-likeness (QED) is 0.602. The molecule has 0 fully saturated rings. The van der Waals surface area contributed by atoms with Gasteiger partial charge in [0.05, 0.1) is 6.42 Å². The number of amides is 1. The lowest BCUT2D eigenvalue weighted by molar-refractivity contribution is -0.120. The molecule has 0 aliphatic rings. The lowest BCUT2D eigenvalue weighted by Crippen LogP contribution is -2.49. The Labute approximate surface area is 150 Å². The number of carbonyl (C=O) groups is 1. The Morgan fingerprint density at radius 2 is 1.65 bits per heavy atom. The Bertz CT molecular complexity index is 656. The number of hydrogen-bond donors (Lipinski definition) is 2. The molecule has 0 aliphatic heterocycles. The summed E-state index contributed by atoms with van der Waals surface area (Å²) in [6.07, 6.45) is -0.627. The van der Waals surface area contributed by atoms with E-state index < -0.39 is 9.96 Å². The molecule has 1 amide bonds. The van der Waals surface area contributed by atoms with Gasteiger partial charge in [-0.2, -0.15) is 0 Å². The summed E-state index contributed by atoms with van der Waals surface area (Å²) < 4.78 is -1.69. The molecular formula is C17H17Cl3N2O. The van der Waals surface area contributed by atoms with Crippen molar-refractivity contribution in [2.75, 3.05) is 5.32 Å². The Hall–Kier alpha value is -1.42. The highest BCUT2D eigenvalue weighted by atomic mass is 35.6. The van der Waals surface area contributed by atoms with Crippen LogP contribution >= 0.6 is 34.8 Å². The van der Waals surface area contributed by atoms with E-state index in [9.17, 15) is 4.79 Å². The number of nitrogens with one attached hydrogen (secondary N) is 2. The van der Waals surface area contributed by atoms with Crippen LogP contribution in [0.1, 0.15) is 11.1 Å². The van der Waals surface area contributed by atoms with Crippen molar-refractivity contribution in [3.05, 3.63) is 65.7 Å². The SMILES string of the molecule is Cc1ccccc1N[C@H](NC(=O)Cc1ccccc1)C(Cl)(Cl)Cl. The predicted molar refractivity (Wildman–Crippen MR) is 97.2 cm³/mol. The van der Waals surface area contributed by atoms with Crippen LogP contribution in [0.4, 0.5) is 5.69 Å². The lowest BCUT2D eigenvalue weighted by Gasteiger charge is -2.28. The zero-order chi connectivity index (χ0) is 16.9. The molecule has 2 rings (SSSR count). The van der Waals surface area contributed by atoms with E-state index in [0.29, 0.717) is 0 Å². The molecule has 0 unspecified atom stereocenters. The molecule has 0 heterocycles. The van der Waals surface area contributed by atoms with Crippen molar-refractivity contribution in [1.29, 1.82) is 0 Å². The maximum absolute atomic E-state index is 12.2. The molecule has 122 valence electrons. The zero-order valence-corrected chi connectivity index (χ0v) is 14.8. The first-order valence-corrected chi connectivity index (χ1v) is 8.22. The largest absolute Gasteiger partial charge is 0.362 e. The lowest BCUT2D eigenvalue weighted by atomic mass is 10.1. The maximum Gasteiger partial charge on any atom is 0.228 e. The fourth-order valence-electron chi connectivity index (χ4n) is 2.08. The van der Waals surface area contributed by atoms with Crippen molar-refractivity contribution >= 4 is 46.4 Å². The van der Waals surface area contributed by atoms with Gasteiger partial charge in [-0.25, -0.2) is 0 Å². The van der Waals surface area contributed by atoms with Gasteiger partial charge in [-0.1, -0.05) is 83.3 Å². The van der Waals surface area contributed by atoms with Gasteiger partial charge in [0, 0.05) is 5.69 Å². The number of halogens is 3. The summed E-state index contributed by atoms with van der Waals surface area (Å²) in [5, 5.41) is 5.81. The molecule has 0 aromatic heterocycles. The minimum Gasteiger partial charge on any atom is -0.362 e. The first kappa shape index (κ1) is 17.9. The second-order valence-electron chi connectivity index (χ2n) is 5.16. The van der Waals surface area contributed by atoms with E-state index in [4.69, 9.17) is 34.8 Å². The molecule has 0 saturated heterocycles. The highest BCUT2D eigenvalue weighted by Gasteiger charge is 2.34. The summed E-state index contributed by atoms with van der Waals surface area (Å²) in [5.74, 6) is -0.228. The van der Waals surface area contributed by atoms with Crippen LogP contribution in [0.5, 0.6) is 0 Å². The molecule has 3 nitrogen and oxygen atoms in total. The third-order valence-corrected chi connectivity index (χ3v) is 3.94. The molecule has 0 saturated carbocycles. The molecule has 2 aromatic rings. The van der Waals surface area contributed by atoms with Crippen LogP contribution in [0.15, 0.2) is 54.6 Å². The summed E-state index contributed by atoms with van der Waals surface area (Å²) in [4.78, 5) is 12.2. The molecule has 6 heteroatoms. The number of benzene rings is 2. The van der Waals surface area contributed by atoms with E-state index in [1.807, 2.05) is 61.5 Å². The van der Waals surface area contributed by atoms with E-state index >= 15 is 0 Å². The highest BCUT2D eigenvalue weighted by Crippen LogP contribution is 2.31. The van der Waals surface area contributed by atoms with E-state index in [1.54, 1.807) is 0 Å². The second kappa shape index (κ2) is 7.91. The van der Waals surface area contributed by atoms with Crippen LogP contribution in [-0.4, -0.2) is 15.9 Å². The third kappa shape index (κ3) is 5.61. The Kier molecular flexibility index (Phi) is 6.17. The number of carbonyl (C=O) groups excluding carboxylic acids is 1. The molecule has 2 N–H and O–H groups in total. The van der Waals surface area contributed by atoms with Gasteiger partial charge in [0.15, 0.2) is 0 Å². The molecule has 0 bridgehead atoms. The van der Waals surface area contributed by atoms with E-state index in [-0.39, 0.29) is 12.3 Å². The topological polar surface area (TPSA) is 41.1 Å². The van der Waals surface area contributed by atoms with Gasteiger partial charge in [-0.15, -0.1) is 0 Å². The molecule has 2 aromatic carbocycles. The predicted octanol–water partition coefficient (Wildman–Crippen LogP) is 4.46. The fraction of sp³-hybridized carbons (Fsp3) is 0.235. The summed E-state index contributed by atoms with van der Waals surface area (Å²) in [6, 6.07) is 17.0. The minimum absolute atomic E-state index is 0.216. The molecule has 0 aliphatic carbocycles. The first-order valence-electron chi connectivity index (χ1n) is 7.08. The van der Waals surface area contributed by atoms with E-state index in [1.165, 1.54) is 0 Å². The number of para-hydroxylation sites is 1. The van der Waals surface area contributed by atoms with E-state index in [2.05, 4.69) is 10.6 Å². The normalized spacial score (nSPS) is 12.5. The number of alkyl halides is 3. The van der Waals surface area contributed by atoms with Crippen LogP contribution in [0.25, 0.3) is 0 Å². The van der Waals surface area contributed by atoms with Crippen LogP contribution in [-0.2, 0) is 11.2 Å².